The molecule has 2 aromatic rings. The molecular weight excluding hydrogens is 382 g/mol. The lowest BCUT2D eigenvalue weighted by atomic mass is 10.2. The molecule has 1 aliphatic carbocycles. The summed E-state index contributed by atoms with van der Waals surface area (Å²) < 4.78 is 5.94. The van der Waals surface area contributed by atoms with E-state index in [-0.39, 0.29) is 17.6 Å². The van der Waals surface area contributed by atoms with E-state index in [9.17, 15) is 9.59 Å². The monoisotopic (exact) mass is 405 g/mol. The zero-order valence-electron chi connectivity index (χ0n) is 15.2. The smallest absolute Gasteiger partial charge is 0.234 e. The van der Waals surface area contributed by atoms with Crippen molar-refractivity contribution in [1.82, 2.24) is 10.3 Å². The topological polar surface area (TPSA) is 80.3 Å². The van der Waals surface area contributed by atoms with E-state index in [4.69, 9.17) is 4.74 Å². The molecule has 8 heteroatoms. The SMILES string of the molecule is COc1cccc(NC(=O)CSc2nc(CC(=O)NC3CCCC3)cs2)c1. The van der Waals surface area contributed by atoms with Gasteiger partial charge in [0, 0.05) is 23.2 Å². The third-order valence-corrected chi connectivity index (χ3v) is 6.34. The predicted octanol–water partition coefficient (Wildman–Crippen LogP) is 3.48. The van der Waals surface area contributed by atoms with Gasteiger partial charge in [0.25, 0.3) is 0 Å². The van der Waals surface area contributed by atoms with Crippen molar-refractivity contribution in [3.63, 3.8) is 0 Å². The van der Waals surface area contributed by atoms with Gasteiger partial charge in [-0.05, 0) is 25.0 Å². The molecule has 0 saturated heterocycles. The second-order valence-corrected chi connectivity index (χ2v) is 8.48. The first kappa shape index (κ1) is 19.7. The van der Waals surface area contributed by atoms with Crippen molar-refractivity contribution in [2.45, 2.75) is 42.5 Å². The number of carbonyl (C=O) groups is 2. The van der Waals surface area contributed by atoms with Crippen molar-refractivity contribution >= 4 is 40.6 Å². The summed E-state index contributed by atoms with van der Waals surface area (Å²) in [6, 6.07) is 7.56. The molecule has 0 radical (unpaired) electrons. The van der Waals surface area contributed by atoms with E-state index in [1.54, 1.807) is 13.2 Å². The molecule has 1 saturated carbocycles. The zero-order valence-corrected chi connectivity index (χ0v) is 16.8. The molecule has 0 bridgehead atoms. The van der Waals surface area contributed by atoms with Crippen LogP contribution in [0, 0.1) is 0 Å². The van der Waals surface area contributed by atoms with Crippen LogP contribution in [0.4, 0.5) is 5.69 Å². The van der Waals surface area contributed by atoms with Gasteiger partial charge in [-0.2, -0.15) is 0 Å². The summed E-state index contributed by atoms with van der Waals surface area (Å²) in [6.45, 7) is 0. The number of rotatable bonds is 8. The second-order valence-electron chi connectivity index (χ2n) is 6.40. The number of hydrogen-bond donors (Lipinski definition) is 2. The van der Waals surface area contributed by atoms with Crippen LogP contribution in [0.3, 0.4) is 0 Å². The minimum Gasteiger partial charge on any atom is -0.497 e. The lowest BCUT2D eigenvalue weighted by molar-refractivity contribution is -0.121. The molecule has 2 amide bonds. The van der Waals surface area contributed by atoms with Crippen LogP contribution in [0.15, 0.2) is 34.0 Å². The summed E-state index contributed by atoms with van der Waals surface area (Å²) in [7, 11) is 1.59. The molecule has 1 fully saturated rings. The highest BCUT2D eigenvalue weighted by Gasteiger charge is 2.18. The predicted molar refractivity (Wildman–Crippen MR) is 109 cm³/mol. The van der Waals surface area contributed by atoms with Crippen LogP contribution in [-0.4, -0.2) is 35.7 Å². The fourth-order valence-corrected chi connectivity index (χ4v) is 4.62. The fraction of sp³-hybridized carbons (Fsp3) is 0.421. The molecular formula is C19H23N3O3S2. The molecule has 0 aliphatic heterocycles. The van der Waals surface area contributed by atoms with Gasteiger partial charge in [-0.1, -0.05) is 30.7 Å². The van der Waals surface area contributed by atoms with E-state index in [0.29, 0.717) is 23.9 Å². The number of hydrogen-bond acceptors (Lipinski definition) is 6. The maximum absolute atomic E-state index is 12.1. The summed E-state index contributed by atoms with van der Waals surface area (Å²) in [5.41, 5.74) is 1.45. The van der Waals surface area contributed by atoms with Crippen LogP contribution in [0.5, 0.6) is 5.75 Å². The highest BCUT2D eigenvalue weighted by Crippen LogP contribution is 2.24. The Morgan fingerprint density at radius 2 is 2.11 bits per heavy atom. The highest BCUT2D eigenvalue weighted by molar-refractivity contribution is 8.01. The molecule has 144 valence electrons. The Labute approximate surface area is 167 Å². The van der Waals surface area contributed by atoms with Crippen LogP contribution >= 0.6 is 23.1 Å². The molecule has 1 heterocycles. The number of nitrogens with one attached hydrogen (secondary N) is 2. The minimum atomic E-state index is -0.107. The number of thiazole rings is 1. The third-order valence-electron chi connectivity index (χ3n) is 4.27. The average molecular weight is 406 g/mol. The van der Waals surface area contributed by atoms with Crippen molar-refractivity contribution in [2.24, 2.45) is 0 Å². The molecule has 0 atom stereocenters. The van der Waals surface area contributed by atoms with E-state index in [1.165, 1.54) is 35.9 Å². The van der Waals surface area contributed by atoms with Crippen LogP contribution in [0.2, 0.25) is 0 Å². The Hall–Kier alpha value is -2.06. The van der Waals surface area contributed by atoms with Crippen molar-refractivity contribution in [1.29, 1.82) is 0 Å². The molecule has 6 nitrogen and oxygen atoms in total. The number of nitrogens with zero attached hydrogens (tertiary/aromatic N) is 1. The summed E-state index contributed by atoms with van der Waals surface area (Å²) in [5.74, 6) is 0.878. The molecule has 1 aliphatic rings. The molecule has 3 rings (SSSR count). The Morgan fingerprint density at radius 1 is 1.30 bits per heavy atom. The van der Waals surface area contributed by atoms with E-state index in [2.05, 4.69) is 15.6 Å². The Morgan fingerprint density at radius 3 is 2.89 bits per heavy atom. The van der Waals surface area contributed by atoms with Crippen molar-refractivity contribution in [2.75, 3.05) is 18.2 Å². The number of aromatic nitrogens is 1. The third kappa shape index (κ3) is 6.25. The van der Waals surface area contributed by atoms with Crippen LogP contribution in [-0.2, 0) is 16.0 Å². The molecule has 2 N–H and O–H groups in total. The largest absolute Gasteiger partial charge is 0.497 e. The standard InChI is InChI=1S/C19H23N3O3S2/c1-25-16-8-4-7-14(9-16)21-18(24)12-27-19-22-15(11-26-19)10-17(23)20-13-5-2-3-6-13/h4,7-9,11,13H,2-3,5-6,10,12H2,1H3,(H,20,23)(H,21,24). The molecule has 27 heavy (non-hydrogen) atoms. The Bertz CT molecular complexity index is 788. The summed E-state index contributed by atoms with van der Waals surface area (Å²) in [4.78, 5) is 28.6. The molecule has 0 unspecified atom stereocenters. The van der Waals surface area contributed by atoms with Crippen molar-refractivity contribution < 1.29 is 14.3 Å². The summed E-state index contributed by atoms with van der Waals surface area (Å²) in [6.07, 6.45) is 4.84. The van der Waals surface area contributed by atoms with E-state index >= 15 is 0 Å². The number of methoxy groups -OCH3 is 1. The zero-order chi connectivity index (χ0) is 19.1. The fourth-order valence-electron chi connectivity index (χ4n) is 2.97. The van der Waals surface area contributed by atoms with Crippen LogP contribution in [0.1, 0.15) is 31.4 Å². The minimum absolute atomic E-state index is 0.0273. The maximum Gasteiger partial charge on any atom is 0.234 e. The quantitative estimate of drug-likeness (QED) is 0.657. The maximum atomic E-state index is 12.1. The summed E-state index contributed by atoms with van der Waals surface area (Å²) >= 11 is 2.83. The van der Waals surface area contributed by atoms with Gasteiger partial charge in [-0.15, -0.1) is 11.3 Å². The van der Waals surface area contributed by atoms with Gasteiger partial charge in [-0.25, -0.2) is 4.98 Å². The molecule has 1 aromatic carbocycles. The van der Waals surface area contributed by atoms with Crippen LogP contribution < -0.4 is 15.4 Å². The first-order chi connectivity index (χ1) is 13.1. The molecule has 1 aromatic heterocycles. The normalized spacial score (nSPS) is 14.1. The van der Waals surface area contributed by atoms with Crippen molar-refractivity contribution in [3.8, 4) is 5.75 Å². The number of carbonyl (C=O) groups excluding carboxylic acids is 2. The van der Waals surface area contributed by atoms with E-state index in [1.807, 2.05) is 23.6 Å². The number of ether oxygens (including phenoxy) is 1. The van der Waals surface area contributed by atoms with Gasteiger partial charge >= 0.3 is 0 Å². The molecule has 0 spiro atoms. The van der Waals surface area contributed by atoms with Gasteiger partial charge in [0.2, 0.25) is 11.8 Å². The number of benzene rings is 1. The van der Waals surface area contributed by atoms with Crippen LogP contribution in [0.25, 0.3) is 0 Å². The summed E-state index contributed by atoms with van der Waals surface area (Å²) in [5, 5.41) is 7.79. The van der Waals surface area contributed by atoms with Gasteiger partial charge in [0.05, 0.1) is 25.0 Å². The first-order valence-corrected chi connectivity index (χ1v) is 10.8. The lowest BCUT2D eigenvalue weighted by Crippen LogP contribution is -2.33. The van der Waals surface area contributed by atoms with Gasteiger partial charge in [-0.3, -0.25) is 9.59 Å². The number of amides is 2. The van der Waals surface area contributed by atoms with E-state index < -0.39 is 0 Å². The second kappa shape index (κ2) is 9.75. The first-order valence-electron chi connectivity index (χ1n) is 8.93. The number of anilines is 1. The lowest BCUT2D eigenvalue weighted by Gasteiger charge is -2.10. The van der Waals surface area contributed by atoms with Gasteiger partial charge in [0.15, 0.2) is 4.34 Å². The Kier molecular flexibility index (Phi) is 7.11. The van der Waals surface area contributed by atoms with Gasteiger partial charge < -0.3 is 15.4 Å². The average Bonchev–Trinajstić information content (AvgIpc) is 3.32. The van der Waals surface area contributed by atoms with Crippen molar-refractivity contribution in [3.05, 3.63) is 35.3 Å². The highest BCUT2D eigenvalue weighted by atomic mass is 32.2. The van der Waals surface area contributed by atoms with Gasteiger partial charge in [0.1, 0.15) is 5.75 Å². The van der Waals surface area contributed by atoms with E-state index in [0.717, 1.165) is 22.9 Å². The Balaban J connectivity index is 1.43. The number of thioether (sulfide) groups is 1.